The van der Waals surface area contributed by atoms with Gasteiger partial charge in [0.05, 0.1) is 18.5 Å². The van der Waals surface area contributed by atoms with Gasteiger partial charge in [-0.2, -0.15) is 10.1 Å². The second-order valence-corrected chi connectivity index (χ2v) is 7.33. The second-order valence-electron chi connectivity index (χ2n) is 7.33. The van der Waals surface area contributed by atoms with Gasteiger partial charge in [-0.05, 0) is 19.8 Å². The topological polar surface area (TPSA) is 77.6 Å². The van der Waals surface area contributed by atoms with Crippen molar-refractivity contribution in [2.75, 3.05) is 19.7 Å². The van der Waals surface area contributed by atoms with E-state index in [0.29, 0.717) is 24.7 Å². The number of carbonyl (C=O) groups excluding carboxylic acids is 1. The van der Waals surface area contributed by atoms with Crippen LogP contribution in [0.4, 0.5) is 0 Å². The predicted molar refractivity (Wildman–Crippen MR) is 105 cm³/mol. The standard InChI is InChI=1S/C20H24N6O2/c1-14(2)19(27)25-7-4-5-15(11-25)13-28-20-23-17(16-10-22-24(3)12-16)9-18-21-6-8-26(18)20/h6,8-10,12,15H,1,4-5,7,11,13H2,2-3H3/t15-/m0/s1. The van der Waals surface area contributed by atoms with Gasteiger partial charge in [0.1, 0.15) is 5.65 Å². The molecule has 0 saturated carbocycles. The Morgan fingerprint density at radius 3 is 3.04 bits per heavy atom. The van der Waals surface area contributed by atoms with E-state index >= 15 is 0 Å². The molecule has 146 valence electrons. The molecule has 1 fully saturated rings. The van der Waals surface area contributed by atoms with Gasteiger partial charge in [-0.3, -0.25) is 13.9 Å². The lowest BCUT2D eigenvalue weighted by atomic mass is 9.98. The third-order valence-corrected chi connectivity index (χ3v) is 4.98. The quantitative estimate of drug-likeness (QED) is 0.635. The molecule has 0 aliphatic carbocycles. The second kappa shape index (κ2) is 7.46. The van der Waals surface area contributed by atoms with E-state index in [2.05, 4.69) is 21.6 Å². The summed E-state index contributed by atoms with van der Waals surface area (Å²) in [5, 5.41) is 4.21. The zero-order valence-electron chi connectivity index (χ0n) is 16.2. The van der Waals surface area contributed by atoms with Crippen molar-refractivity contribution >= 4 is 11.6 Å². The smallest absolute Gasteiger partial charge is 0.302 e. The van der Waals surface area contributed by atoms with Gasteiger partial charge in [-0.1, -0.05) is 6.58 Å². The molecule has 0 N–H and O–H groups in total. The summed E-state index contributed by atoms with van der Waals surface area (Å²) in [7, 11) is 1.87. The Morgan fingerprint density at radius 2 is 2.29 bits per heavy atom. The molecule has 0 aromatic carbocycles. The number of hydrogen-bond acceptors (Lipinski definition) is 5. The fourth-order valence-corrected chi connectivity index (χ4v) is 3.55. The molecule has 0 radical (unpaired) electrons. The Balaban J connectivity index is 1.52. The molecule has 3 aromatic heterocycles. The summed E-state index contributed by atoms with van der Waals surface area (Å²) in [5.74, 6) is 0.290. The molecule has 1 saturated heterocycles. The number of amides is 1. The highest BCUT2D eigenvalue weighted by molar-refractivity contribution is 5.92. The van der Waals surface area contributed by atoms with E-state index in [1.807, 2.05) is 34.8 Å². The van der Waals surface area contributed by atoms with Gasteiger partial charge >= 0.3 is 6.01 Å². The van der Waals surface area contributed by atoms with Crippen LogP contribution in [0.25, 0.3) is 16.9 Å². The first-order chi connectivity index (χ1) is 13.5. The summed E-state index contributed by atoms with van der Waals surface area (Å²) >= 11 is 0. The molecule has 1 amide bonds. The van der Waals surface area contributed by atoms with Crippen molar-refractivity contribution in [3.05, 3.63) is 43.0 Å². The molecular formula is C20H24N6O2. The summed E-state index contributed by atoms with van der Waals surface area (Å²) < 4.78 is 9.67. The minimum absolute atomic E-state index is 0.0263. The molecule has 0 bridgehead atoms. The highest BCUT2D eigenvalue weighted by Crippen LogP contribution is 2.24. The highest BCUT2D eigenvalue weighted by atomic mass is 16.5. The maximum atomic E-state index is 12.2. The van der Waals surface area contributed by atoms with E-state index in [1.54, 1.807) is 24.0 Å². The van der Waals surface area contributed by atoms with Crippen LogP contribution in [0.1, 0.15) is 19.8 Å². The first kappa shape index (κ1) is 18.2. The van der Waals surface area contributed by atoms with Crippen molar-refractivity contribution in [1.82, 2.24) is 29.0 Å². The molecule has 1 aliphatic rings. The predicted octanol–water partition coefficient (Wildman–Crippen LogP) is 2.32. The van der Waals surface area contributed by atoms with Gasteiger partial charge in [0, 0.05) is 61.8 Å². The van der Waals surface area contributed by atoms with Crippen LogP contribution in [-0.2, 0) is 11.8 Å². The fraction of sp³-hybridized carbons (Fsp3) is 0.400. The van der Waals surface area contributed by atoms with Gasteiger partial charge < -0.3 is 9.64 Å². The van der Waals surface area contributed by atoms with E-state index in [4.69, 9.17) is 4.74 Å². The Labute approximate surface area is 163 Å². The summed E-state index contributed by atoms with van der Waals surface area (Å²) in [5.41, 5.74) is 3.03. The largest absolute Gasteiger partial charge is 0.464 e. The van der Waals surface area contributed by atoms with Crippen LogP contribution < -0.4 is 4.74 Å². The molecular weight excluding hydrogens is 356 g/mol. The monoisotopic (exact) mass is 380 g/mol. The average Bonchev–Trinajstić information content (AvgIpc) is 3.34. The SMILES string of the molecule is C=C(C)C(=O)N1CCC[C@H](COc2nc(-c3cnn(C)c3)cc3nccn23)C1. The number of imidazole rings is 1. The normalized spacial score (nSPS) is 17.1. The highest BCUT2D eigenvalue weighted by Gasteiger charge is 2.25. The zero-order valence-corrected chi connectivity index (χ0v) is 16.2. The number of fused-ring (bicyclic) bond motifs is 1. The minimum atomic E-state index is 0.0263. The molecule has 8 heteroatoms. The molecule has 4 rings (SSSR count). The number of aromatic nitrogens is 5. The van der Waals surface area contributed by atoms with Gasteiger partial charge in [0.25, 0.3) is 0 Å². The van der Waals surface area contributed by atoms with Crippen LogP contribution in [0, 0.1) is 5.92 Å². The van der Waals surface area contributed by atoms with Crippen LogP contribution in [0.3, 0.4) is 0 Å². The van der Waals surface area contributed by atoms with Gasteiger partial charge in [0.2, 0.25) is 5.91 Å². The van der Waals surface area contributed by atoms with Crippen molar-refractivity contribution < 1.29 is 9.53 Å². The van der Waals surface area contributed by atoms with E-state index in [-0.39, 0.29) is 11.8 Å². The van der Waals surface area contributed by atoms with Gasteiger partial charge in [-0.25, -0.2) is 4.98 Å². The Hall–Kier alpha value is -3.16. The van der Waals surface area contributed by atoms with Crippen molar-refractivity contribution in [1.29, 1.82) is 0 Å². The molecule has 3 aromatic rings. The van der Waals surface area contributed by atoms with Gasteiger partial charge in [-0.15, -0.1) is 0 Å². The Bertz CT molecular complexity index is 1020. The fourth-order valence-electron chi connectivity index (χ4n) is 3.55. The third kappa shape index (κ3) is 3.62. The number of nitrogens with zero attached hydrogens (tertiary/aromatic N) is 6. The molecule has 0 spiro atoms. The summed E-state index contributed by atoms with van der Waals surface area (Å²) in [6, 6.07) is 2.41. The summed E-state index contributed by atoms with van der Waals surface area (Å²) in [4.78, 5) is 23.1. The number of hydrogen-bond donors (Lipinski definition) is 0. The molecule has 1 aliphatic heterocycles. The van der Waals surface area contributed by atoms with Crippen LogP contribution in [0.5, 0.6) is 6.01 Å². The van der Waals surface area contributed by atoms with Crippen molar-refractivity contribution in [3.8, 4) is 17.3 Å². The lowest BCUT2D eigenvalue weighted by molar-refractivity contribution is -0.129. The van der Waals surface area contributed by atoms with E-state index < -0.39 is 0 Å². The maximum absolute atomic E-state index is 12.2. The van der Waals surface area contributed by atoms with Crippen LogP contribution in [0.15, 0.2) is 43.0 Å². The van der Waals surface area contributed by atoms with Crippen LogP contribution in [0.2, 0.25) is 0 Å². The number of aryl methyl sites for hydroxylation is 1. The molecule has 28 heavy (non-hydrogen) atoms. The first-order valence-electron chi connectivity index (χ1n) is 9.42. The zero-order chi connectivity index (χ0) is 19.7. The average molecular weight is 380 g/mol. The minimum Gasteiger partial charge on any atom is -0.464 e. The van der Waals surface area contributed by atoms with Crippen molar-refractivity contribution in [2.24, 2.45) is 13.0 Å². The number of piperidine rings is 1. The van der Waals surface area contributed by atoms with Gasteiger partial charge in [0.15, 0.2) is 0 Å². The molecule has 4 heterocycles. The molecule has 8 nitrogen and oxygen atoms in total. The number of likely N-dealkylation sites (tertiary alicyclic amines) is 1. The van der Waals surface area contributed by atoms with E-state index in [1.165, 1.54) is 0 Å². The molecule has 0 unspecified atom stereocenters. The lowest BCUT2D eigenvalue weighted by Gasteiger charge is -2.32. The number of rotatable bonds is 5. The third-order valence-electron chi connectivity index (χ3n) is 4.98. The lowest BCUT2D eigenvalue weighted by Crippen LogP contribution is -2.41. The first-order valence-corrected chi connectivity index (χ1v) is 9.42. The molecule has 1 atom stereocenters. The Kier molecular flexibility index (Phi) is 4.85. The summed E-state index contributed by atoms with van der Waals surface area (Å²) in [6.45, 7) is 7.48. The maximum Gasteiger partial charge on any atom is 0.302 e. The Morgan fingerprint density at radius 1 is 1.43 bits per heavy atom. The number of ether oxygens (including phenoxy) is 1. The van der Waals surface area contributed by atoms with E-state index in [9.17, 15) is 4.79 Å². The van der Waals surface area contributed by atoms with E-state index in [0.717, 1.165) is 36.3 Å². The van der Waals surface area contributed by atoms with Crippen molar-refractivity contribution in [3.63, 3.8) is 0 Å². The number of carbonyl (C=O) groups is 1. The van der Waals surface area contributed by atoms with Crippen molar-refractivity contribution in [2.45, 2.75) is 19.8 Å². The summed E-state index contributed by atoms with van der Waals surface area (Å²) in [6.07, 6.45) is 9.24. The van der Waals surface area contributed by atoms with Crippen LogP contribution in [-0.4, -0.2) is 54.7 Å². The van der Waals surface area contributed by atoms with Crippen LogP contribution >= 0.6 is 0 Å².